The number of rotatable bonds is 9. The Morgan fingerprint density at radius 2 is 1.88 bits per heavy atom. The molecule has 33 heavy (non-hydrogen) atoms. The van der Waals surface area contributed by atoms with Crippen molar-refractivity contribution in [1.29, 1.82) is 0 Å². The number of nitrogens with zero attached hydrogens (tertiary/aromatic N) is 2. The van der Waals surface area contributed by atoms with Gasteiger partial charge in [-0.3, -0.25) is 4.79 Å². The van der Waals surface area contributed by atoms with Crippen LogP contribution in [0.15, 0.2) is 65.0 Å². The molecule has 10 heteroatoms. The minimum absolute atomic E-state index is 0.131. The van der Waals surface area contributed by atoms with E-state index in [2.05, 4.69) is 15.0 Å². The molecule has 0 saturated carbocycles. The van der Waals surface area contributed by atoms with Crippen molar-refractivity contribution in [2.24, 2.45) is 4.99 Å². The van der Waals surface area contributed by atoms with Gasteiger partial charge < -0.3 is 19.7 Å². The van der Waals surface area contributed by atoms with Gasteiger partial charge in [-0.15, -0.1) is 24.5 Å². The predicted molar refractivity (Wildman–Crippen MR) is 119 cm³/mol. The third kappa shape index (κ3) is 7.76. The number of halogens is 3. The summed E-state index contributed by atoms with van der Waals surface area (Å²) in [6.07, 6.45) is -4.75. The monoisotopic (exact) mass is 479 g/mol. The maximum absolute atomic E-state index is 12.4. The molecule has 0 aliphatic heterocycles. The number of carbonyl (C=O) groups excluding carboxylic acids is 1. The molecule has 0 radical (unpaired) electrons. The van der Waals surface area contributed by atoms with Crippen LogP contribution in [0, 0.1) is 0 Å². The minimum atomic E-state index is -4.76. The van der Waals surface area contributed by atoms with Gasteiger partial charge >= 0.3 is 6.36 Å². The highest BCUT2D eigenvalue weighted by Gasteiger charge is 2.31. The summed E-state index contributed by atoms with van der Waals surface area (Å²) in [5.41, 5.74) is 2.37. The van der Waals surface area contributed by atoms with Gasteiger partial charge in [0.25, 0.3) is 0 Å². The highest BCUT2D eigenvalue weighted by Crippen LogP contribution is 2.27. The Bertz CT molecular complexity index is 1110. The summed E-state index contributed by atoms with van der Waals surface area (Å²) in [4.78, 5) is 16.2. The molecule has 0 spiro atoms. The SMILES string of the molecule is CC(=O)NCCCn1c(-c2ccc(OC(F)(F)F)cc2)csc1=NC(O)Cc1ccccc1. The number of hydrogen-bond acceptors (Lipinski definition) is 5. The Kier molecular flexibility index (Phi) is 8.29. The van der Waals surface area contributed by atoms with E-state index in [4.69, 9.17) is 0 Å². The number of amides is 1. The Balaban J connectivity index is 1.86. The van der Waals surface area contributed by atoms with Crippen LogP contribution in [0.2, 0.25) is 0 Å². The summed E-state index contributed by atoms with van der Waals surface area (Å²) in [5.74, 6) is -0.434. The molecule has 1 unspecified atom stereocenters. The van der Waals surface area contributed by atoms with Crippen LogP contribution >= 0.6 is 11.3 Å². The average molecular weight is 480 g/mol. The number of benzene rings is 2. The Labute approximate surface area is 193 Å². The van der Waals surface area contributed by atoms with Gasteiger partial charge in [0.2, 0.25) is 5.91 Å². The molecule has 176 valence electrons. The first-order chi connectivity index (χ1) is 15.7. The third-order valence-electron chi connectivity index (χ3n) is 4.63. The van der Waals surface area contributed by atoms with E-state index < -0.39 is 12.6 Å². The molecule has 1 atom stereocenters. The third-order valence-corrected chi connectivity index (χ3v) is 5.51. The molecule has 6 nitrogen and oxygen atoms in total. The predicted octanol–water partition coefficient (Wildman–Crippen LogP) is 4.10. The van der Waals surface area contributed by atoms with E-state index in [0.717, 1.165) is 11.3 Å². The lowest BCUT2D eigenvalue weighted by molar-refractivity contribution is -0.274. The molecule has 3 rings (SSSR count). The number of nitrogens with one attached hydrogen (secondary N) is 1. The van der Waals surface area contributed by atoms with Crippen molar-refractivity contribution in [3.63, 3.8) is 0 Å². The quantitative estimate of drug-likeness (QED) is 0.454. The summed E-state index contributed by atoms with van der Waals surface area (Å²) in [6.45, 7) is 2.40. The molecule has 0 aliphatic rings. The normalized spacial score (nSPS) is 13.1. The van der Waals surface area contributed by atoms with Crippen molar-refractivity contribution in [3.05, 3.63) is 70.3 Å². The number of aromatic nitrogens is 1. The van der Waals surface area contributed by atoms with Crippen molar-refractivity contribution >= 4 is 17.2 Å². The van der Waals surface area contributed by atoms with E-state index in [1.54, 1.807) is 0 Å². The van der Waals surface area contributed by atoms with E-state index >= 15 is 0 Å². The van der Waals surface area contributed by atoms with E-state index in [1.807, 2.05) is 40.3 Å². The molecule has 3 aromatic rings. The Morgan fingerprint density at radius 3 is 2.52 bits per heavy atom. The van der Waals surface area contributed by atoms with Crippen molar-refractivity contribution in [2.75, 3.05) is 6.54 Å². The second-order valence-electron chi connectivity index (χ2n) is 7.26. The van der Waals surface area contributed by atoms with Crippen LogP contribution in [-0.2, 0) is 17.8 Å². The molecule has 0 bridgehead atoms. The minimum Gasteiger partial charge on any atom is -0.406 e. The first-order valence-corrected chi connectivity index (χ1v) is 11.1. The van der Waals surface area contributed by atoms with E-state index in [9.17, 15) is 23.1 Å². The van der Waals surface area contributed by atoms with Crippen LogP contribution in [0.4, 0.5) is 13.2 Å². The number of carbonyl (C=O) groups is 1. The molecule has 2 N–H and O–H groups in total. The number of alkyl halides is 3. The van der Waals surface area contributed by atoms with Crippen LogP contribution in [0.5, 0.6) is 5.75 Å². The molecular formula is C23H24F3N3O3S. The van der Waals surface area contributed by atoms with Crippen LogP contribution < -0.4 is 14.9 Å². The molecular weight excluding hydrogens is 455 g/mol. The smallest absolute Gasteiger partial charge is 0.406 e. The van der Waals surface area contributed by atoms with Gasteiger partial charge in [-0.1, -0.05) is 30.3 Å². The number of hydrogen-bond donors (Lipinski definition) is 2. The van der Waals surface area contributed by atoms with Crippen molar-refractivity contribution < 1.29 is 27.8 Å². The number of ether oxygens (including phenoxy) is 1. The fourth-order valence-corrected chi connectivity index (χ4v) is 4.19. The van der Waals surface area contributed by atoms with Crippen molar-refractivity contribution in [3.8, 4) is 17.0 Å². The molecule has 1 heterocycles. The van der Waals surface area contributed by atoms with Gasteiger partial charge in [-0.05, 0) is 41.8 Å². The zero-order valence-corrected chi connectivity index (χ0v) is 18.7. The van der Waals surface area contributed by atoms with Crippen LogP contribution in [0.25, 0.3) is 11.3 Å². The lowest BCUT2D eigenvalue weighted by Crippen LogP contribution is -2.25. The zero-order chi connectivity index (χ0) is 23.8. The molecule has 1 aromatic heterocycles. The van der Waals surface area contributed by atoms with E-state index in [0.29, 0.717) is 36.3 Å². The summed E-state index contributed by atoms with van der Waals surface area (Å²) >= 11 is 1.33. The number of thiazole rings is 1. The number of aliphatic hydroxyl groups excluding tert-OH is 1. The summed E-state index contributed by atoms with van der Waals surface area (Å²) in [7, 11) is 0. The molecule has 0 fully saturated rings. The van der Waals surface area contributed by atoms with Gasteiger partial charge in [-0.2, -0.15) is 0 Å². The van der Waals surface area contributed by atoms with Crippen LogP contribution in [-0.4, -0.2) is 34.7 Å². The second kappa shape index (κ2) is 11.2. The van der Waals surface area contributed by atoms with Gasteiger partial charge in [0, 0.05) is 31.8 Å². The van der Waals surface area contributed by atoms with Crippen LogP contribution in [0.1, 0.15) is 18.9 Å². The largest absolute Gasteiger partial charge is 0.573 e. The van der Waals surface area contributed by atoms with Crippen molar-refractivity contribution in [2.45, 2.75) is 38.9 Å². The van der Waals surface area contributed by atoms with E-state index in [-0.39, 0.29) is 11.7 Å². The average Bonchev–Trinajstić information content (AvgIpc) is 3.13. The lowest BCUT2D eigenvalue weighted by Gasteiger charge is -2.12. The molecule has 2 aromatic carbocycles. The second-order valence-corrected chi connectivity index (χ2v) is 8.10. The van der Waals surface area contributed by atoms with Gasteiger partial charge in [-0.25, -0.2) is 4.99 Å². The summed E-state index contributed by atoms with van der Waals surface area (Å²) in [6, 6.07) is 15.1. The summed E-state index contributed by atoms with van der Waals surface area (Å²) < 4.78 is 43.2. The van der Waals surface area contributed by atoms with E-state index in [1.165, 1.54) is 42.5 Å². The van der Waals surface area contributed by atoms with Crippen LogP contribution in [0.3, 0.4) is 0 Å². The fourth-order valence-electron chi connectivity index (χ4n) is 3.21. The summed E-state index contributed by atoms with van der Waals surface area (Å²) in [5, 5.41) is 15.1. The standard InChI is InChI=1S/C23H24F3N3O3S/c1-16(30)27-12-5-13-29-20(18-8-10-19(11-9-18)32-23(24,25)26)15-33-22(29)28-21(31)14-17-6-3-2-4-7-17/h2-4,6-11,15,21,31H,5,12-14H2,1H3,(H,27,30). The number of aliphatic hydroxyl groups is 1. The molecule has 0 saturated heterocycles. The highest BCUT2D eigenvalue weighted by atomic mass is 32.1. The highest BCUT2D eigenvalue weighted by molar-refractivity contribution is 7.07. The maximum atomic E-state index is 12.4. The Hall–Kier alpha value is -3.11. The van der Waals surface area contributed by atoms with Gasteiger partial charge in [0.15, 0.2) is 11.0 Å². The fraction of sp³-hybridized carbons (Fsp3) is 0.304. The van der Waals surface area contributed by atoms with Gasteiger partial charge in [0.1, 0.15) is 5.75 Å². The van der Waals surface area contributed by atoms with Gasteiger partial charge in [0.05, 0.1) is 5.69 Å². The zero-order valence-electron chi connectivity index (χ0n) is 17.9. The molecule has 1 amide bonds. The van der Waals surface area contributed by atoms with Crippen molar-refractivity contribution in [1.82, 2.24) is 9.88 Å². The topological polar surface area (TPSA) is 75.9 Å². The Morgan fingerprint density at radius 1 is 1.18 bits per heavy atom. The first kappa shape index (κ1) is 24.5. The maximum Gasteiger partial charge on any atom is 0.573 e. The molecule has 0 aliphatic carbocycles. The first-order valence-electron chi connectivity index (χ1n) is 10.3. The lowest BCUT2D eigenvalue weighted by atomic mass is 10.1.